The molecule has 1 atom stereocenters. The fourth-order valence-electron chi connectivity index (χ4n) is 1.48. The number of hydrogen-bond acceptors (Lipinski definition) is 6. The molecule has 0 amide bonds. The van der Waals surface area contributed by atoms with E-state index < -0.39 is 16.1 Å². The summed E-state index contributed by atoms with van der Waals surface area (Å²) < 4.78 is 0.973. The molecule has 0 N–H and O–H groups in total. The van der Waals surface area contributed by atoms with Gasteiger partial charge in [-0.2, -0.15) is 0 Å². The SMILES string of the molecule is O=C([S-])CC(C(=O)[S-])c1nc2ccccc2s1.[Na+].[Na+]. The number of thiazole rings is 1. The largest absolute Gasteiger partial charge is 1.00 e. The molecule has 1 aromatic carbocycles. The number of para-hydroxylation sites is 1. The molecule has 0 bridgehead atoms. The zero-order valence-corrected chi connectivity index (χ0v) is 17.0. The molecule has 0 aliphatic rings. The van der Waals surface area contributed by atoms with E-state index in [4.69, 9.17) is 0 Å². The van der Waals surface area contributed by atoms with E-state index in [0.717, 1.165) is 10.2 Å². The summed E-state index contributed by atoms with van der Waals surface area (Å²) in [6.07, 6.45) is -0.0442. The third kappa shape index (κ3) is 5.30. The topological polar surface area (TPSA) is 47.0 Å². The Bertz CT molecular complexity index is 555. The Labute approximate surface area is 170 Å². The van der Waals surface area contributed by atoms with E-state index in [9.17, 15) is 9.59 Å². The van der Waals surface area contributed by atoms with Gasteiger partial charge in [0.05, 0.1) is 16.1 Å². The maximum atomic E-state index is 11.3. The number of nitrogens with zero attached hydrogens (tertiary/aromatic N) is 1. The first-order valence-corrected chi connectivity index (χ1v) is 6.47. The zero-order chi connectivity index (χ0) is 12.4. The van der Waals surface area contributed by atoms with Crippen molar-refractivity contribution in [1.29, 1.82) is 0 Å². The van der Waals surface area contributed by atoms with Crippen molar-refractivity contribution in [1.82, 2.24) is 4.98 Å². The van der Waals surface area contributed by atoms with E-state index in [2.05, 4.69) is 30.2 Å². The molecular formula is C11H7NNa2O2S3. The van der Waals surface area contributed by atoms with Crippen LogP contribution in [-0.4, -0.2) is 15.2 Å². The van der Waals surface area contributed by atoms with Gasteiger partial charge in [-0.25, -0.2) is 4.98 Å². The van der Waals surface area contributed by atoms with Crippen molar-refractivity contribution in [3.63, 3.8) is 0 Å². The van der Waals surface area contributed by atoms with Gasteiger partial charge in [0.15, 0.2) is 0 Å². The second-order valence-electron chi connectivity index (χ2n) is 3.47. The minimum Gasteiger partial charge on any atom is -0.742 e. The monoisotopic (exact) mass is 327 g/mol. The van der Waals surface area contributed by atoms with E-state index in [0.29, 0.717) is 5.01 Å². The molecule has 1 aromatic heterocycles. The Morgan fingerprint density at radius 1 is 1.21 bits per heavy atom. The standard InChI is InChI=1S/C11H9NO2S3.2Na/c13-9(15)5-6(11(14)16)10-12-7-3-1-2-4-8(7)17-10;;/h1-4,6H,5H2,(H,13,15)(H,14,16);;/q;2*+1/p-2. The summed E-state index contributed by atoms with van der Waals surface area (Å²) in [5.74, 6) is -0.674. The van der Waals surface area contributed by atoms with Gasteiger partial charge in [0, 0.05) is 10.2 Å². The number of carbonyl (C=O) groups excluding carboxylic acids is 2. The minimum absolute atomic E-state index is 0. The van der Waals surface area contributed by atoms with Gasteiger partial charge < -0.3 is 34.8 Å². The Balaban J connectivity index is 0.00000162. The van der Waals surface area contributed by atoms with Gasteiger partial charge in [0.25, 0.3) is 0 Å². The smallest absolute Gasteiger partial charge is 0.742 e. The Morgan fingerprint density at radius 2 is 1.84 bits per heavy atom. The first kappa shape index (κ1) is 19.9. The summed E-state index contributed by atoms with van der Waals surface area (Å²) in [6, 6.07) is 7.54. The van der Waals surface area contributed by atoms with Crippen molar-refractivity contribution in [3.8, 4) is 0 Å². The van der Waals surface area contributed by atoms with Crippen LogP contribution in [0.3, 0.4) is 0 Å². The molecule has 0 saturated carbocycles. The summed E-state index contributed by atoms with van der Waals surface area (Å²) in [6.45, 7) is 0. The first-order chi connectivity index (χ1) is 8.08. The molecular weight excluding hydrogens is 320 g/mol. The second kappa shape index (κ2) is 9.02. The summed E-state index contributed by atoms with van der Waals surface area (Å²) in [5, 5.41) is -0.376. The molecule has 0 aliphatic carbocycles. The van der Waals surface area contributed by atoms with Crippen LogP contribution in [0.25, 0.3) is 10.2 Å². The van der Waals surface area contributed by atoms with Crippen molar-refractivity contribution in [2.45, 2.75) is 12.3 Å². The molecule has 3 nitrogen and oxygen atoms in total. The molecule has 0 fully saturated rings. The van der Waals surface area contributed by atoms with Crippen molar-refractivity contribution in [3.05, 3.63) is 29.3 Å². The molecule has 19 heavy (non-hydrogen) atoms. The molecule has 2 aromatic rings. The van der Waals surface area contributed by atoms with Crippen LogP contribution in [0.1, 0.15) is 17.3 Å². The van der Waals surface area contributed by atoms with Gasteiger partial charge in [-0.05, 0) is 18.6 Å². The van der Waals surface area contributed by atoms with Gasteiger partial charge in [0.2, 0.25) is 0 Å². The van der Waals surface area contributed by atoms with Crippen LogP contribution in [0.15, 0.2) is 24.3 Å². The molecule has 1 heterocycles. The second-order valence-corrected chi connectivity index (χ2v) is 5.39. The summed E-state index contributed by atoms with van der Waals surface area (Å²) in [7, 11) is 0. The third-order valence-electron chi connectivity index (χ3n) is 2.26. The average Bonchev–Trinajstić information content (AvgIpc) is 2.68. The van der Waals surface area contributed by atoms with Gasteiger partial charge in [-0.15, -0.1) is 11.3 Å². The Kier molecular flexibility index (Phi) is 9.44. The van der Waals surface area contributed by atoms with Crippen LogP contribution >= 0.6 is 11.3 Å². The number of aromatic nitrogens is 1. The summed E-state index contributed by atoms with van der Waals surface area (Å²) in [5.41, 5.74) is 0.811. The average molecular weight is 327 g/mol. The minimum atomic E-state index is -0.674. The maximum Gasteiger partial charge on any atom is 1.00 e. The van der Waals surface area contributed by atoms with Crippen molar-refractivity contribution in [2.75, 3.05) is 0 Å². The number of benzene rings is 1. The number of carbonyl (C=O) groups is 2. The van der Waals surface area contributed by atoms with Crippen LogP contribution in [0, 0.1) is 0 Å². The van der Waals surface area contributed by atoms with Gasteiger partial charge in [-0.1, -0.05) is 12.1 Å². The van der Waals surface area contributed by atoms with Crippen LogP contribution in [0.5, 0.6) is 0 Å². The van der Waals surface area contributed by atoms with Crippen LogP contribution < -0.4 is 59.1 Å². The molecule has 0 aliphatic heterocycles. The quantitative estimate of drug-likeness (QED) is 0.422. The van der Waals surface area contributed by atoms with E-state index in [-0.39, 0.29) is 65.5 Å². The van der Waals surface area contributed by atoms with Gasteiger partial charge in [-0.3, -0.25) is 0 Å². The predicted molar refractivity (Wildman–Crippen MR) is 71.7 cm³/mol. The zero-order valence-electron chi connectivity index (χ0n) is 10.6. The third-order valence-corrected chi connectivity index (χ3v) is 3.87. The summed E-state index contributed by atoms with van der Waals surface area (Å²) >= 11 is 10.5. The van der Waals surface area contributed by atoms with Gasteiger partial charge in [0.1, 0.15) is 5.01 Å². The molecule has 0 radical (unpaired) electrons. The van der Waals surface area contributed by atoms with Crippen LogP contribution in [0.4, 0.5) is 0 Å². The predicted octanol–water partition coefficient (Wildman–Crippen LogP) is -4.07. The van der Waals surface area contributed by atoms with E-state index in [1.54, 1.807) is 0 Å². The molecule has 0 saturated heterocycles. The van der Waals surface area contributed by atoms with Crippen LogP contribution in [-0.2, 0) is 34.8 Å². The molecule has 0 spiro atoms. The molecule has 88 valence electrons. The summed E-state index contributed by atoms with van der Waals surface area (Å²) in [4.78, 5) is 26.6. The van der Waals surface area contributed by atoms with E-state index >= 15 is 0 Å². The number of fused-ring (bicyclic) bond motifs is 1. The van der Waals surface area contributed by atoms with Gasteiger partial charge >= 0.3 is 59.1 Å². The van der Waals surface area contributed by atoms with E-state index in [1.807, 2.05) is 24.3 Å². The van der Waals surface area contributed by atoms with E-state index in [1.165, 1.54) is 11.3 Å². The maximum absolute atomic E-state index is 11.3. The fourth-order valence-corrected chi connectivity index (χ4v) is 2.98. The molecule has 2 rings (SSSR count). The normalized spacial score (nSPS) is 11.2. The molecule has 1 unspecified atom stereocenters. The number of hydrogen-bond donors (Lipinski definition) is 0. The fraction of sp³-hybridized carbons (Fsp3) is 0.182. The molecule has 8 heteroatoms. The Morgan fingerprint density at radius 3 is 2.37 bits per heavy atom. The Hall–Kier alpha value is 0.890. The first-order valence-electron chi connectivity index (χ1n) is 4.84. The van der Waals surface area contributed by atoms with Crippen molar-refractivity contribution in [2.24, 2.45) is 0 Å². The van der Waals surface area contributed by atoms with Crippen molar-refractivity contribution < 1.29 is 68.7 Å². The van der Waals surface area contributed by atoms with Crippen molar-refractivity contribution >= 4 is 57.0 Å². The van der Waals surface area contributed by atoms with Crippen LogP contribution in [0.2, 0.25) is 0 Å². The number of rotatable bonds is 4.